The molecular formula is C17H18N4O3. The second-order valence-corrected chi connectivity index (χ2v) is 5.77. The number of fused-ring (bicyclic) bond motifs is 1. The zero-order valence-corrected chi connectivity index (χ0v) is 13.5. The molecule has 24 heavy (non-hydrogen) atoms. The van der Waals surface area contributed by atoms with Crippen LogP contribution >= 0.6 is 0 Å². The second-order valence-electron chi connectivity index (χ2n) is 5.77. The van der Waals surface area contributed by atoms with E-state index in [0.29, 0.717) is 23.5 Å². The minimum atomic E-state index is -0.434. The Bertz CT molecular complexity index is 829. The number of carbonyl (C=O) groups excluding carboxylic acids is 2. The van der Waals surface area contributed by atoms with Crippen molar-refractivity contribution >= 4 is 28.6 Å². The average Bonchev–Trinajstić information content (AvgIpc) is 2.87. The summed E-state index contributed by atoms with van der Waals surface area (Å²) in [6.07, 6.45) is 1.59. The Morgan fingerprint density at radius 1 is 1.29 bits per heavy atom. The van der Waals surface area contributed by atoms with Crippen molar-refractivity contribution in [1.82, 2.24) is 15.2 Å². The SMILES string of the molecule is CN(C)CC1=C(NC(=O)Nc2cnc3ccccc3c2)COC1=O. The summed E-state index contributed by atoms with van der Waals surface area (Å²) in [7, 11) is 3.69. The van der Waals surface area contributed by atoms with Crippen molar-refractivity contribution in [3.8, 4) is 0 Å². The largest absolute Gasteiger partial charge is 0.456 e. The minimum absolute atomic E-state index is 0.0748. The summed E-state index contributed by atoms with van der Waals surface area (Å²) >= 11 is 0. The first-order valence-electron chi connectivity index (χ1n) is 7.49. The molecule has 0 aliphatic carbocycles. The molecule has 0 bridgehead atoms. The van der Waals surface area contributed by atoms with E-state index in [4.69, 9.17) is 4.74 Å². The maximum atomic E-state index is 12.2. The number of rotatable bonds is 4. The lowest BCUT2D eigenvalue weighted by Gasteiger charge is -2.11. The lowest BCUT2D eigenvalue weighted by Crippen LogP contribution is -2.30. The van der Waals surface area contributed by atoms with Crippen molar-refractivity contribution in [2.45, 2.75) is 0 Å². The Morgan fingerprint density at radius 3 is 2.88 bits per heavy atom. The molecule has 3 rings (SSSR count). The molecule has 7 heteroatoms. The Balaban J connectivity index is 1.72. The normalized spacial score (nSPS) is 14.2. The zero-order valence-electron chi connectivity index (χ0n) is 13.5. The van der Waals surface area contributed by atoms with Gasteiger partial charge >= 0.3 is 12.0 Å². The van der Waals surface area contributed by atoms with Gasteiger partial charge in [0.25, 0.3) is 0 Å². The van der Waals surface area contributed by atoms with Crippen molar-refractivity contribution in [2.24, 2.45) is 0 Å². The van der Waals surface area contributed by atoms with Gasteiger partial charge < -0.3 is 20.3 Å². The maximum Gasteiger partial charge on any atom is 0.337 e. The van der Waals surface area contributed by atoms with Gasteiger partial charge in [-0.25, -0.2) is 9.59 Å². The molecule has 2 N–H and O–H groups in total. The molecule has 124 valence electrons. The number of likely N-dealkylation sites (N-methyl/N-ethyl adjacent to an activating group) is 1. The summed E-state index contributed by atoms with van der Waals surface area (Å²) in [5.74, 6) is -0.397. The van der Waals surface area contributed by atoms with E-state index >= 15 is 0 Å². The molecule has 0 unspecified atom stereocenters. The number of carbonyl (C=O) groups is 2. The Morgan fingerprint density at radius 2 is 2.08 bits per heavy atom. The maximum absolute atomic E-state index is 12.2. The van der Waals surface area contributed by atoms with Gasteiger partial charge in [-0.1, -0.05) is 18.2 Å². The number of amides is 2. The first-order chi connectivity index (χ1) is 11.5. The number of hydrogen-bond donors (Lipinski definition) is 2. The first kappa shape index (κ1) is 15.9. The van der Waals surface area contributed by atoms with Crippen molar-refractivity contribution < 1.29 is 14.3 Å². The smallest absolute Gasteiger partial charge is 0.337 e. The molecule has 1 aromatic carbocycles. The van der Waals surface area contributed by atoms with Gasteiger partial charge in [0.15, 0.2) is 0 Å². The second kappa shape index (κ2) is 6.67. The number of esters is 1. The number of hydrogen-bond acceptors (Lipinski definition) is 5. The van der Waals surface area contributed by atoms with Gasteiger partial charge in [0, 0.05) is 11.9 Å². The summed E-state index contributed by atoms with van der Waals surface area (Å²) in [6.45, 7) is 0.484. The molecule has 0 spiro atoms. The van der Waals surface area contributed by atoms with Crippen molar-refractivity contribution in [3.05, 3.63) is 47.8 Å². The molecule has 2 heterocycles. The summed E-state index contributed by atoms with van der Waals surface area (Å²) in [4.78, 5) is 30.0. The van der Waals surface area contributed by atoms with Crippen LogP contribution in [0.5, 0.6) is 0 Å². The van der Waals surface area contributed by atoms with Gasteiger partial charge in [-0.2, -0.15) is 0 Å². The van der Waals surface area contributed by atoms with Crippen LogP contribution in [0.1, 0.15) is 0 Å². The number of nitrogens with one attached hydrogen (secondary N) is 2. The van der Waals surface area contributed by atoms with Gasteiger partial charge in [0.05, 0.1) is 28.7 Å². The number of benzene rings is 1. The summed E-state index contributed by atoms with van der Waals surface area (Å²) in [5.41, 5.74) is 2.38. The molecule has 1 aliphatic rings. The van der Waals surface area contributed by atoms with Crippen LogP contribution in [0, 0.1) is 0 Å². The van der Waals surface area contributed by atoms with Crippen LogP contribution < -0.4 is 10.6 Å². The van der Waals surface area contributed by atoms with Crippen LogP contribution in [0.25, 0.3) is 10.9 Å². The monoisotopic (exact) mass is 326 g/mol. The van der Waals surface area contributed by atoms with E-state index in [0.717, 1.165) is 10.9 Å². The predicted octanol–water partition coefficient (Wildman–Crippen LogP) is 1.73. The third kappa shape index (κ3) is 3.52. The third-order valence-electron chi connectivity index (χ3n) is 3.55. The van der Waals surface area contributed by atoms with E-state index in [1.54, 1.807) is 6.20 Å². The molecule has 1 aromatic heterocycles. The lowest BCUT2D eigenvalue weighted by molar-refractivity contribution is -0.136. The number of pyridine rings is 1. The number of cyclic esters (lactones) is 1. The fourth-order valence-corrected chi connectivity index (χ4v) is 2.46. The molecule has 7 nitrogen and oxygen atoms in total. The van der Waals surface area contributed by atoms with Crippen LogP contribution in [0.15, 0.2) is 47.8 Å². The number of para-hydroxylation sites is 1. The highest BCUT2D eigenvalue weighted by atomic mass is 16.5. The fraction of sp³-hybridized carbons (Fsp3) is 0.235. The van der Waals surface area contributed by atoms with Crippen LogP contribution in [0.4, 0.5) is 10.5 Å². The highest BCUT2D eigenvalue weighted by Gasteiger charge is 2.26. The Hall–Kier alpha value is -2.93. The van der Waals surface area contributed by atoms with Crippen LogP contribution in [0.3, 0.4) is 0 Å². The molecular weight excluding hydrogens is 308 g/mol. The Kier molecular flexibility index (Phi) is 4.43. The average molecular weight is 326 g/mol. The molecule has 2 aromatic rings. The quantitative estimate of drug-likeness (QED) is 0.836. The van der Waals surface area contributed by atoms with Gasteiger partial charge in [0.1, 0.15) is 6.61 Å². The number of urea groups is 1. The first-order valence-corrected chi connectivity index (χ1v) is 7.49. The highest BCUT2D eigenvalue weighted by molar-refractivity contribution is 5.96. The third-order valence-corrected chi connectivity index (χ3v) is 3.55. The molecule has 0 atom stereocenters. The van der Waals surface area contributed by atoms with Crippen molar-refractivity contribution in [2.75, 3.05) is 32.6 Å². The highest BCUT2D eigenvalue weighted by Crippen LogP contribution is 2.17. The molecule has 0 radical (unpaired) electrons. The molecule has 1 aliphatic heterocycles. The molecule has 0 fully saturated rings. The number of aromatic nitrogens is 1. The minimum Gasteiger partial charge on any atom is -0.456 e. The number of anilines is 1. The number of nitrogens with zero attached hydrogens (tertiary/aromatic N) is 2. The van der Waals surface area contributed by atoms with E-state index in [9.17, 15) is 9.59 Å². The van der Waals surface area contributed by atoms with Gasteiger partial charge in [-0.3, -0.25) is 4.98 Å². The Labute approximate surface area is 139 Å². The summed E-state index contributed by atoms with van der Waals surface area (Å²) < 4.78 is 4.99. The van der Waals surface area contributed by atoms with E-state index in [1.807, 2.05) is 49.3 Å². The molecule has 0 saturated heterocycles. The van der Waals surface area contributed by atoms with E-state index < -0.39 is 12.0 Å². The lowest BCUT2D eigenvalue weighted by atomic mass is 10.2. The van der Waals surface area contributed by atoms with Gasteiger partial charge in [-0.15, -0.1) is 0 Å². The summed E-state index contributed by atoms with van der Waals surface area (Å²) in [6, 6.07) is 9.05. The summed E-state index contributed by atoms with van der Waals surface area (Å²) in [5, 5.41) is 6.35. The van der Waals surface area contributed by atoms with E-state index in [1.165, 1.54) is 0 Å². The number of ether oxygens (including phenoxy) is 1. The van der Waals surface area contributed by atoms with Crippen molar-refractivity contribution in [1.29, 1.82) is 0 Å². The van der Waals surface area contributed by atoms with Crippen molar-refractivity contribution in [3.63, 3.8) is 0 Å². The standard InChI is InChI=1S/C17H18N4O3/c1-21(2)9-13-15(10-24-16(13)22)20-17(23)19-12-7-11-5-3-4-6-14(11)18-8-12/h3-8H,9-10H2,1-2H3,(H2,19,20,23). The van der Waals surface area contributed by atoms with Crippen LogP contribution in [-0.2, 0) is 9.53 Å². The van der Waals surface area contributed by atoms with Crippen LogP contribution in [0.2, 0.25) is 0 Å². The van der Waals surface area contributed by atoms with E-state index in [-0.39, 0.29) is 6.61 Å². The molecule has 0 saturated carbocycles. The topological polar surface area (TPSA) is 83.6 Å². The van der Waals surface area contributed by atoms with E-state index in [2.05, 4.69) is 15.6 Å². The van der Waals surface area contributed by atoms with Crippen LogP contribution in [-0.4, -0.2) is 49.1 Å². The van der Waals surface area contributed by atoms with Gasteiger partial charge in [-0.05, 0) is 26.2 Å². The predicted molar refractivity (Wildman–Crippen MR) is 90.4 cm³/mol. The van der Waals surface area contributed by atoms with Gasteiger partial charge in [0.2, 0.25) is 0 Å². The molecule has 2 amide bonds. The fourth-order valence-electron chi connectivity index (χ4n) is 2.46. The zero-order chi connectivity index (χ0) is 17.1.